The molecule has 0 saturated carbocycles. The monoisotopic (exact) mass is 385 g/mol. The van der Waals surface area contributed by atoms with Gasteiger partial charge in [0, 0.05) is 18.7 Å². The first kappa shape index (κ1) is 18.1. The zero-order valence-electron chi connectivity index (χ0n) is 14.8. The molecule has 28 heavy (non-hydrogen) atoms. The highest BCUT2D eigenvalue weighted by atomic mass is 19.2. The van der Waals surface area contributed by atoms with Crippen LogP contribution in [-0.4, -0.2) is 37.4 Å². The summed E-state index contributed by atoms with van der Waals surface area (Å²) < 4.78 is 37.3. The average Bonchev–Trinajstić information content (AvgIpc) is 3.21. The normalized spacial score (nSPS) is 14.1. The van der Waals surface area contributed by atoms with Gasteiger partial charge in [-0.25, -0.2) is 8.78 Å². The molecule has 0 atom stereocenters. The summed E-state index contributed by atoms with van der Waals surface area (Å²) in [6.07, 6.45) is 1.25. The maximum atomic E-state index is 13.6. The van der Waals surface area contributed by atoms with Crippen LogP contribution in [0.15, 0.2) is 53.2 Å². The van der Waals surface area contributed by atoms with E-state index in [0.717, 1.165) is 30.9 Å². The Morgan fingerprint density at radius 2 is 1.86 bits per heavy atom. The van der Waals surface area contributed by atoms with Crippen molar-refractivity contribution in [2.24, 2.45) is 0 Å². The topological polar surface area (TPSA) is 67.6 Å². The minimum Gasteiger partial charge on any atom is -0.378 e. The van der Waals surface area contributed by atoms with Crippen LogP contribution in [0, 0.1) is 11.6 Å². The molecule has 3 aromatic rings. The van der Waals surface area contributed by atoms with Gasteiger partial charge in [-0.2, -0.15) is 0 Å². The number of morpholine rings is 1. The summed E-state index contributed by atoms with van der Waals surface area (Å²) in [5.41, 5.74) is 1.86. The van der Waals surface area contributed by atoms with Gasteiger partial charge in [0.25, 0.3) is 5.91 Å². The lowest BCUT2D eigenvalue weighted by molar-refractivity contribution is 0.102. The Bertz CT molecular complexity index is 1000. The predicted molar refractivity (Wildman–Crippen MR) is 99.3 cm³/mol. The third kappa shape index (κ3) is 3.59. The zero-order valence-corrected chi connectivity index (χ0v) is 14.8. The quantitative estimate of drug-likeness (QED) is 0.742. The number of nitrogens with one attached hydrogen (secondary N) is 1. The van der Waals surface area contributed by atoms with Crippen LogP contribution >= 0.6 is 0 Å². The van der Waals surface area contributed by atoms with Crippen molar-refractivity contribution in [2.75, 3.05) is 36.5 Å². The van der Waals surface area contributed by atoms with Crippen molar-refractivity contribution in [3.8, 4) is 11.3 Å². The highest BCUT2D eigenvalue weighted by Crippen LogP contribution is 2.29. The summed E-state index contributed by atoms with van der Waals surface area (Å²) in [7, 11) is 0. The van der Waals surface area contributed by atoms with E-state index in [9.17, 15) is 13.6 Å². The minimum atomic E-state index is -1.03. The number of hydrogen-bond donors (Lipinski definition) is 1. The largest absolute Gasteiger partial charge is 0.378 e. The van der Waals surface area contributed by atoms with Crippen LogP contribution in [0.2, 0.25) is 0 Å². The van der Waals surface area contributed by atoms with E-state index in [4.69, 9.17) is 9.26 Å². The summed E-state index contributed by atoms with van der Waals surface area (Å²) >= 11 is 0. The van der Waals surface area contributed by atoms with Crippen LogP contribution < -0.4 is 10.2 Å². The van der Waals surface area contributed by atoms with E-state index in [0.29, 0.717) is 18.9 Å². The van der Waals surface area contributed by atoms with Crippen LogP contribution in [0.4, 0.5) is 20.2 Å². The second kappa shape index (κ2) is 7.77. The van der Waals surface area contributed by atoms with Gasteiger partial charge in [-0.15, -0.1) is 0 Å². The van der Waals surface area contributed by atoms with Crippen molar-refractivity contribution in [2.45, 2.75) is 0 Å². The van der Waals surface area contributed by atoms with E-state index in [-0.39, 0.29) is 16.9 Å². The summed E-state index contributed by atoms with van der Waals surface area (Å²) in [4.78, 5) is 15.0. The van der Waals surface area contributed by atoms with E-state index >= 15 is 0 Å². The number of rotatable bonds is 4. The SMILES string of the molecule is O=C(Nc1ccccc1N1CCOCC1)c1cnoc1-c1ccc(F)c(F)c1. The highest BCUT2D eigenvalue weighted by Gasteiger charge is 2.21. The van der Waals surface area contributed by atoms with Gasteiger partial charge in [0.05, 0.1) is 30.8 Å². The molecule has 0 spiro atoms. The van der Waals surface area contributed by atoms with Gasteiger partial charge in [-0.1, -0.05) is 17.3 Å². The van der Waals surface area contributed by atoms with Gasteiger partial charge in [0.1, 0.15) is 5.56 Å². The molecule has 0 aliphatic carbocycles. The molecule has 0 bridgehead atoms. The van der Waals surface area contributed by atoms with Crippen molar-refractivity contribution in [1.29, 1.82) is 0 Å². The fourth-order valence-electron chi connectivity index (χ4n) is 3.10. The van der Waals surface area contributed by atoms with Gasteiger partial charge in [0.15, 0.2) is 17.4 Å². The maximum Gasteiger partial charge on any atom is 0.261 e. The lowest BCUT2D eigenvalue weighted by Crippen LogP contribution is -2.36. The lowest BCUT2D eigenvalue weighted by atomic mass is 10.1. The van der Waals surface area contributed by atoms with E-state index < -0.39 is 17.5 Å². The first-order valence-corrected chi connectivity index (χ1v) is 8.76. The van der Waals surface area contributed by atoms with E-state index in [1.54, 1.807) is 6.07 Å². The number of carbonyl (C=O) groups is 1. The van der Waals surface area contributed by atoms with Crippen LogP contribution in [0.25, 0.3) is 11.3 Å². The van der Waals surface area contributed by atoms with E-state index in [1.165, 1.54) is 12.3 Å². The Hall–Kier alpha value is -3.26. The maximum absolute atomic E-state index is 13.6. The fourth-order valence-corrected chi connectivity index (χ4v) is 3.10. The third-order valence-corrected chi connectivity index (χ3v) is 4.50. The molecule has 4 rings (SSSR count). The first-order chi connectivity index (χ1) is 13.6. The molecule has 1 amide bonds. The van der Waals surface area contributed by atoms with Crippen molar-refractivity contribution < 1.29 is 22.8 Å². The number of anilines is 2. The van der Waals surface area contributed by atoms with Gasteiger partial charge in [-0.05, 0) is 30.3 Å². The third-order valence-electron chi connectivity index (χ3n) is 4.50. The Labute approximate surface area is 159 Å². The summed E-state index contributed by atoms with van der Waals surface area (Å²) in [6, 6.07) is 10.7. The molecule has 1 N–H and O–H groups in total. The van der Waals surface area contributed by atoms with E-state index in [1.807, 2.05) is 18.2 Å². The van der Waals surface area contributed by atoms with Gasteiger partial charge >= 0.3 is 0 Å². The number of nitrogens with zero attached hydrogens (tertiary/aromatic N) is 2. The molecule has 0 radical (unpaired) electrons. The number of benzene rings is 2. The molecule has 8 heteroatoms. The Balaban J connectivity index is 1.61. The molecule has 1 aliphatic heterocycles. The lowest BCUT2D eigenvalue weighted by Gasteiger charge is -2.30. The van der Waals surface area contributed by atoms with Crippen molar-refractivity contribution in [3.63, 3.8) is 0 Å². The molecule has 144 valence electrons. The van der Waals surface area contributed by atoms with Crippen LogP contribution in [-0.2, 0) is 4.74 Å². The molecular formula is C20H17F2N3O3. The highest BCUT2D eigenvalue weighted by molar-refractivity contribution is 6.09. The Morgan fingerprint density at radius 1 is 1.07 bits per heavy atom. The second-order valence-corrected chi connectivity index (χ2v) is 6.27. The average molecular weight is 385 g/mol. The molecule has 0 unspecified atom stereocenters. The van der Waals surface area contributed by atoms with Crippen molar-refractivity contribution in [1.82, 2.24) is 5.16 Å². The van der Waals surface area contributed by atoms with E-state index in [2.05, 4.69) is 15.4 Å². The molecule has 1 saturated heterocycles. The Morgan fingerprint density at radius 3 is 2.64 bits per heavy atom. The van der Waals surface area contributed by atoms with Crippen molar-refractivity contribution >= 4 is 17.3 Å². The molecule has 1 aliphatic rings. The minimum absolute atomic E-state index is 0.0697. The van der Waals surface area contributed by atoms with Gasteiger partial charge in [-0.3, -0.25) is 4.79 Å². The van der Waals surface area contributed by atoms with Crippen LogP contribution in [0.3, 0.4) is 0 Å². The summed E-state index contributed by atoms with van der Waals surface area (Å²) in [6.45, 7) is 2.68. The van der Waals surface area contributed by atoms with Gasteiger partial charge in [0.2, 0.25) is 0 Å². The molecule has 2 heterocycles. The summed E-state index contributed by atoms with van der Waals surface area (Å²) in [5.74, 6) is -2.39. The smallest absolute Gasteiger partial charge is 0.261 e. The molecule has 1 fully saturated rings. The zero-order chi connectivity index (χ0) is 19.5. The number of amides is 1. The molecule has 2 aromatic carbocycles. The number of aromatic nitrogens is 1. The molecule has 1 aromatic heterocycles. The standard InChI is InChI=1S/C20H17F2N3O3/c21-15-6-5-13(11-16(15)22)19-14(12-23-28-19)20(26)24-17-3-1-2-4-18(17)25-7-9-27-10-8-25/h1-6,11-12H,7-10H2,(H,24,26). The molecule has 6 nitrogen and oxygen atoms in total. The number of ether oxygens (including phenoxy) is 1. The van der Waals surface area contributed by atoms with Crippen molar-refractivity contribution in [3.05, 3.63) is 65.9 Å². The number of carbonyl (C=O) groups excluding carboxylic acids is 1. The van der Waals surface area contributed by atoms with Crippen LogP contribution in [0.1, 0.15) is 10.4 Å². The Kier molecular flexibility index (Phi) is 5.03. The fraction of sp³-hybridized carbons (Fsp3) is 0.200. The molecular weight excluding hydrogens is 368 g/mol. The number of hydrogen-bond acceptors (Lipinski definition) is 5. The number of halogens is 2. The first-order valence-electron chi connectivity index (χ1n) is 8.76. The predicted octanol–water partition coefficient (Wildman–Crippen LogP) is 3.71. The van der Waals surface area contributed by atoms with Gasteiger partial charge < -0.3 is 19.5 Å². The number of para-hydroxylation sites is 2. The summed E-state index contributed by atoms with van der Waals surface area (Å²) in [5, 5.41) is 6.50. The van der Waals surface area contributed by atoms with Crippen LogP contribution in [0.5, 0.6) is 0 Å². The second-order valence-electron chi connectivity index (χ2n) is 6.27.